The number of anilines is 2. The van der Waals surface area contributed by atoms with Gasteiger partial charge in [0.25, 0.3) is 0 Å². The minimum atomic E-state index is -3.47. The standard InChI is InChI=1S/C10H17N3O2S/c1-7-5-9(11)6-8(2)10(7)12-16(14,15)13(3)4/h5-6,12H,11H2,1-4H3. The zero-order chi connectivity index (χ0) is 12.5. The highest BCUT2D eigenvalue weighted by Crippen LogP contribution is 2.24. The number of benzene rings is 1. The number of aryl methyl sites for hydroxylation is 2. The molecule has 0 bridgehead atoms. The van der Waals surface area contributed by atoms with E-state index >= 15 is 0 Å². The van der Waals surface area contributed by atoms with Crippen LogP contribution in [0.15, 0.2) is 12.1 Å². The summed E-state index contributed by atoms with van der Waals surface area (Å²) in [6.07, 6.45) is 0. The van der Waals surface area contributed by atoms with Crippen LogP contribution < -0.4 is 10.5 Å². The Labute approximate surface area is 96.4 Å². The third kappa shape index (κ3) is 2.65. The van der Waals surface area contributed by atoms with Crippen molar-refractivity contribution in [3.05, 3.63) is 23.3 Å². The fourth-order valence-electron chi connectivity index (χ4n) is 1.38. The van der Waals surface area contributed by atoms with E-state index in [1.165, 1.54) is 14.1 Å². The van der Waals surface area contributed by atoms with Crippen molar-refractivity contribution in [2.24, 2.45) is 0 Å². The topological polar surface area (TPSA) is 75.4 Å². The number of rotatable bonds is 3. The third-order valence-electron chi connectivity index (χ3n) is 2.27. The second kappa shape index (κ2) is 4.31. The summed E-state index contributed by atoms with van der Waals surface area (Å²) >= 11 is 0. The predicted octanol–water partition coefficient (Wildman–Crippen LogP) is 1.10. The van der Waals surface area contributed by atoms with E-state index < -0.39 is 10.2 Å². The Bertz CT molecular complexity index is 472. The van der Waals surface area contributed by atoms with Gasteiger partial charge in [0, 0.05) is 19.8 Å². The van der Waals surface area contributed by atoms with Gasteiger partial charge < -0.3 is 5.73 Å². The number of hydrogen-bond acceptors (Lipinski definition) is 3. The van der Waals surface area contributed by atoms with E-state index in [2.05, 4.69) is 4.72 Å². The molecule has 1 aromatic rings. The molecular weight excluding hydrogens is 226 g/mol. The van der Waals surface area contributed by atoms with Crippen LogP contribution >= 0.6 is 0 Å². The van der Waals surface area contributed by atoms with E-state index in [0.717, 1.165) is 15.4 Å². The summed E-state index contributed by atoms with van der Waals surface area (Å²) in [7, 11) is -0.514. The van der Waals surface area contributed by atoms with E-state index in [0.29, 0.717) is 11.4 Å². The van der Waals surface area contributed by atoms with Crippen LogP contribution in [0.2, 0.25) is 0 Å². The van der Waals surface area contributed by atoms with Gasteiger partial charge in [-0.1, -0.05) is 0 Å². The molecule has 90 valence electrons. The lowest BCUT2D eigenvalue weighted by atomic mass is 10.1. The molecule has 1 rings (SSSR count). The zero-order valence-electron chi connectivity index (χ0n) is 9.90. The lowest BCUT2D eigenvalue weighted by Gasteiger charge is -2.17. The molecule has 0 aliphatic rings. The van der Waals surface area contributed by atoms with E-state index in [1.807, 2.05) is 13.8 Å². The lowest BCUT2D eigenvalue weighted by Crippen LogP contribution is -2.29. The number of nitrogen functional groups attached to an aromatic ring is 1. The molecule has 0 heterocycles. The minimum Gasteiger partial charge on any atom is -0.399 e. The summed E-state index contributed by atoms with van der Waals surface area (Å²) < 4.78 is 27.0. The van der Waals surface area contributed by atoms with Gasteiger partial charge in [0.2, 0.25) is 0 Å². The summed E-state index contributed by atoms with van der Waals surface area (Å²) in [5.41, 5.74) is 8.49. The highest BCUT2D eigenvalue weighted by Gasteiger charge is 2.15. The van der Waals surface area contributed by atoms with Crippen LogP contribution in [0.4, 0.5) is 11.4 Å². The van der Waals surface area contributed by atoms with Crippen molar-refractivity contribution >= 4 is 21.6 Å². The van der Waals surface area contributed by atoms with Crippen LogP contribution in [0.25, 0.3) is 0 Å². The van der Waals surface area contributed by atoms with Crippen molar-refractivity contribution in [1.82, 2.24) is 4.31 Å². The lowest BCUT2D eigenvalue weighted by molar-refractivity contribution is 0.526. The molecule has 1 aromatic carbocycles. The largest absolute Gasteiger partial charge is 0.399 e. The molecular formula is C10H17N3O2S. The minimum absolute atomic E-state index is 0.586. The molecule has 16 heavy (non-hydrogen) atoms. The smallest absolute Gasteiger partial charge is 0.301 e. The maximum atomic E-state index is 11.7. The first-order valence-electron chi connectivity index (χ1n) is 4.81. The molecule has 0 spiro atoms. The molecule has 0 aliphatic carbocycles. The highest BCUT2D eigenvalue weighted by atomic mass is 32.2. The Morgan fingerprint density at radius 1 is 1.19 bits per heavy atom. The van der Waals surface area contributed by atoms with Gasteiger partial charge in [-0.3, -0.25) is 4.72 Å². The molecule has 0 atom stereocenters. The molecule has 6 heteroatoms. The van der Waals surface area contributed by atoms with Gasteiger partial charge in [-0.05, 0) is 37.1 Å². The number of nitrogens with zero attached hydrogens (tertiary/aromatic N) is 1. The van der Waals surface area contributed by atoms with Crippen LogP contribution in [0.1, 0.15) is 11.1 Å². The van der Waals surface area contributed by atoms with Crippen molar-refractivity contribution in [2.45, 2.75) is 13.8 Å². The molecule has 0 amide bonds. The molecule has 0 saturated heterocycles. The second-order valence-electron chi connectivity index (χ2n) is 3.92. The van der Waals surface area contributed by atoms with Gasteiger partial charge in [-0.2, -0.15) is 12.7 Å². The number of hydrogen-bond donors (Lipinski definition) is 2. The van der Waals surface area contributed by atoms with E-state index in [4.69, 9.17) is 5.73 Å². The van der Waals surface area contributed by atoms with Crippen LogP contribution in [0, 0.1) is 13.8 Å². The molecule has 0 fully saturated rings. The normalized spacial score (nSPS) is 11.8. The van der Waals surface area contributed by atoms with Gasteiger partial charge in [0.05, 0.1) is 5.69 Å². The van der Waals surface area contributed by atoms with Crippen LogP contribution in [0.3, 0.4) is 0 Å². The monoisotopic (exact) mass is 243 g/mol. The molecule has 0 radical (unpaired) electrons. The van der Waals surface area contributed by atoms with Crippen molar-refractivity contribution in [1.29, 1.82) is 0 Å². The molecule has 3 N–H and O–H groups in total. The SMILES string of the molecule is Cc1cc(N)cc(C)c1NS(=O)(=O)N(C)C. The van der Waals surface area contributed by atoms with Crippen LogP contribution in [-0.4, -0.2) is 26.8 Å². The van der Waals surface area contributed by atoms with E-state index in [9.17, 15) is 8.42 Å². The van der Waals surface area contributed by atoms with E-state index in [-0.39, 0.29) is 0 Å². The Balaban J connectivity index is 3.17. The van der Waals surface area contributed by atoms with Gasteiger partial charge in [-0.25, -0.2) is 0 Å². The van der Waals surface area contributed by atoms with E-state index in [1.54, 1.807) is 12.1 Å². The average Bonchev–Trinajstić information content (AvgIpc) is 2.11. The summed E-state index contributed by atoms with van der Waals surface area (Å²) in [5.74, 6) is 0. The second-order valence-corrected chi connectivity index (χ2v) is 5.80. The van der Waals surface area contributed by atoms with Crippen LogP contribution in [-0.2, 0) is 10.2 Å². The Morgan fingerprint density at radius 2 is 1.62 bits per heavy atom. The number of nitrogens with one attached hydrogen (secondary N) is 1. The first-order valence-corrected chi connectivity index (χ1v) is 6.25. The average molecular weight is 243 g/mol. The summed E-state index contributed by atoms with van der Waals surface area (Å²) in [4.78, 5) is 0. The first kappa shape index (κ1) is 12.8. The summed E-state index contributed by atoms with van der Waals surface area (Å²) in [6, 6.07) is 3.47. The van der Waals surface area contributed by atoms with Gasteiger partial charge in [-0.15, -0.1) is 0 Å². The molecule has 0 unspecified atom stereocenters. The summed E-state index contributed by atoms with van der Waals surface area (Å²) in [6.45, 7) is 3.63. The molecule has 0 aliphatic heterocycles. The fourth-order valence-corrected chi connectivity index (χ4v) is 2.14. The Morgan fingerprint density at radius 3 is 2.00 bits per heavy atom. The maximum absolute atomic E-state index is 11.7. The Kier molecular flexibility index (Phi) is 3.44. The molecule has 5 nitrogen and oxygen atoms in total. The van der Waals surface area contributed by atoms with Crippen molar-refractivity contribution in [2.75, 3.05) is 24.6 Å². The van der Waals surface area contributed by atoms with Crippen molar-refractivity contribution < 1.29 is 8.42 Å². The van der Waals surface area contributed by atoms with Gasteiger partial charge in [0.15, 0.2) is 0 Å². The number of nitrogens with two attached hydrogens (primary N) is 1. The first-order chi connectivity index (χ1) is 7.24. The van der Waals surface area contributed by atoms with Gasteiger partial charge >= 0.3 is 10.2 Å². The van der Waals surface area contributed by atoms with Crippen molar-refractivity contribution in [3.8, 4) is 0 Å². The maximum Gasteiger partial charge on any atom is 0.301 e. The molecule has 0 aromatic heterocycles. The quantitative estimate of drug-likeness (QED) is 0.781. The van der Waals surface area contributed by atoms with Crippen molar-refractivity contribution in [3.63, 3.8) is 0 Å². The predicted molar refractivity (Wildman–Crippen MR) is 66.6 cm³/mol. The fraction of sp³-hybridized carbons (Fsp3) is 0.400. The summed E-state index contributed by atoms with van der Waals surface area (Å²) in [5, 5.41) is 0. The van der Waals surface area contributed by atoms with Crippen LogP contribution in [0.5, 0.6) is 0 Å². The Hall–Kier alpha value is -1.27. The third-order valence-corrected chi connectivity index (χ3v) is 3.69. The molecule has 0 saturated carbocycles. The zero-order valence-corrected chi connectivity index (χ0v) is 10.7. The highest BCUT2D eigenvalue weighted by molar-refractivity contribution is 7.90. The van der Waals surface area contributed by atoms with Gasteiger partial charge in [0.1, 0.15) is 0 Å².